The minimum atomic E-state index is -3.20. The Bertz CT molecular complexity index is 507. The van der Waals surface area contributed by atoms with Crippen LogP contribution >= 0.6 is 15.9 Å². The maximum Gasteiger partial charge on any atom is 0.213 e. The summed E-state index contributed by atoms with van der Waals surface area (Å²) in [7, 11) is -3.20. The first-order valence-electron chi connectivity index (χ1n) is 6.21. The molecule has 8 heteroatoms. The van der Waals surface area contributed by atoms with Crippen molar-refractivity contribution in [3.8, 4) is 0 Å². The van der Waals surface area contributed by atoms with E-state index in [0.29, 0.717) is 23.5 Å². The molecule has 19 heavy (non-hydrogen) atoms. The van der Waals surface area contributed by atoms with Gasteiger partial charge in [-0.15, -0.1) is 0 Å². The molecule has 1 rings (SSSR count). The summed E-state index contributed by atoms with van der Waals surface area (Å²) in [4.78, 5) is 8.57. The molecule has 2 N–H and O–H groups in total. The van der Waals surface area contributed by atoms with Crippen LogP contribution in [0.1, 0.15) is 26.1 Å². The monoisotopic (exact) mass is 350 g/mol. The van der Waals surface area contributed by atoms with E-state index in [1.54, 1.807) is 13.0 Å². The Hall–Kier alpha value is -0.730. The molecule has 6 nitrogen and oxygen atoms in total. The summed E-state index contributed by atoms with van der Waals surface area (Å²) in [5, 5.41) is 3.00. The topological polar surface area (TPSA) is 84.0 Å². The van der Waals surface area contributed by atoms with Gasteiger partial charge in [-0.25, -0.2) is 23.1 Å². The number of halogens is 1. The number of rotatable bonds is 8. The van der Waals surface area contributed by atoms with Crippen molar-refractivity contribution < 1.29 is 8.42 Å². The van der Waals surface area contributed by atoms with Gasteiger partial charge in [-0.1, -0.05) is 13.8 Å². The Kier molecular flexibility index (Phi) is 6.67. The summed E-state index contributed by atoms with van der Waals surface area (Å²) >= 11 is 3.32. The zero-order valence-electron chi connectivity index (χ0n) is 11.1. The molecule has 0 unspecified atom stereocenters. The molecule has 1 heterocycles. The third-order valence-corrected chi connectivity index (χ3v) is 4.13. The van der Waals surface area contributed by atoms with Crippen LogP contribution in [0.4, 0.5) is 5.82 Å². The molecule has 0 bridgehead atoms. The van der Waals surface area contributed by atoms with E-state index in [1.807, 2.05) is 0 Å². The van der Waals surface area contributed by atoms with Gasteiger partial charge < -0.3 is 5.32 Å². The third-order valence-electron chi connectivity index (χ3n) is 2.26. The molecule has 1 aromatic heterocycles. The molecule has 0 aliphatic rings. The molecule has 1 aromatic rings. The van der Waals surface area contributed by atoms with E-state index in [4.69, 9.17) is 0 Å². The van der Waals surface area contributed by atoms with Crippen molar-refractivity contribution in [1.82, 2.24) is 14.7 Å². The predicted molar refractivity (Wildman–Crippen MR) is 79.7 cm³/mol. The van der Waals surface area contributed by atoms with Crippen LogP contribution in [0.3, 0.4) is 0 Å². The summed E-state index contributed by atoms with van der Waals surface area (Å²) in [6.07, 6.45) is 1.76. The van der Waals surface area contributed by atoms with Crippen LogP contribution in [0, 0.1) is 0 Å². The van der Waals surface area contributed by atoms with Gasteiger partial charge in [0.05, 0.1) is 5.75 Å². The zero-order chi connectivity index (χ0) is 14.3. The average molecular weight is 351 g/mol. The van der Waals surface area contributed by atoms with Crippen molar-refractivity contribution >= 4 is 31.8 Å². The molecule has 0 spiro atoms. The van der Waals surface area contributed by atoms with Crippen molar-refractivity contribution in [2.75, 3.05) is 24.2 Å². The highest BCUT2D eigenvalue weighted by molar-refractivity contribution is 9.10. The van der Waals surface area contributed by atoms with E-state index >= 15 is 0 Å². The highest BCUT2D eigenvalue weighted by Crippen LogP contribution is 2.13. The lowest BCUT2D eigenvalue weighted by Gasteiger charge is -2.08. The number of sulfonamides is 1. The van der Waals surface area contributed by atoms with Crippen molar-refractivity contribution in [2.45, 2.75) is 26.7 Å². The van der Waals surface area contributed by atoms with Gasteiger partial charge in [-0.3, -0.25) is 0 Å². The predicted octanol–water partition coefficient (Wildman–Crippen LogP) is 1.54. The van der Waals surface area contributed by atoms with Crippen molar-refractivity contribution in [2.24, 2.45) is 0 Å². The number of aryl methyl sites for hydroxylation is 1. The summed E-state index contributed by atoms with van der Waals surface area (Å²) in [6.45, 7) is 4.52. The minimum absolute atomic E-state index is 0.0194. The van der Waals surface area contributed by atoms with Gasteiger partial charge in [0.25, 0.3) is 0 Å². The average Bonchev–Trinajstić information content (AvgIpc) is 2.28. The van der Waals surface area contributed by atoms with Crippen LogP contribution < -0.4 is 10.0 Å². The number of hydrogen-bond donors (Lipinski definition) is 2. The Morgan fingerprint density at radius 1 is 1.32 bits per heavy atom. The lowest BCUT2D eigenvalue weighted by atomic mass is 10.3. The fourth-order valence-electron chi connectivity index (χ4n) is 1.50. The highest BCUT2D eigenvalue weighted by atomic mass is 79.9. The summed E-state index contributed by atoms with van der Waals surface area (Å²) < 4.78 is 26.1. The Morgan fingerprint density at radius 2 is 2.05 bits per heavy atom. The van der Waals surface area contributed by atoms with Gasteiger partial charge in [-0.05, 0) is 22.4 Å². The van der Waals surface area contributed by atoms with Gasteiger partial charge in [-0.2, -0.15) is 0 Å². The van der Waals surface area contributed by atoms with Crippen LogP contribution in [0.15, 0.2) is 10.7 Å². The molecule has 0 radical (unpaired) electrons. The van der Waals surface area contributed by atoms with Crippen LogP contribution in [0.5, 0.6) is 0 Å². The van der Waals surface area contributed by atoms with Gasteiger partial charge in [0.2, 0.25) is 10.0 Å². The number of hydrogen-bond acceptors (Lipinski definition) is 5. The number of nitrogens with one attached hydrogen (secondary N) is 2. The first-order chi connectivity index (χ1) is 8.96. The number of aromatic nitrogens is 2. The molecule has 0 fully saturated rings. The van der Waals surface area contributed by atoms with Crippen LogP contribution in [-0.4, -0.2) is 37.2 Å². The lowest BCUT2D eigenvalue weighted by Crippen LogP contribution is -2.29. The second-order valence-electron chi connectivity index (χ2n) is 3.99. The molecule has 0 aliphatic heterocycles. The smallest absolute Gasteiger partial charge is 0.213 e. The summed E-state index contributed by atoms with van der Waals surface area (Å²) in [5.41, 5.74) is 0. The highest BCUT2D eigenvalue weighted by Gasteiger charge is 2.08. The molecule has 0 saturated heterocycles. The van der Waals surface area contributed by atoms with E-state index in [1.165, 1.54) is 0 Å². The van der Waals surface area contributed by atoms with Crippen LogP contribution in [0.25, 0.3) is 0 Å². The zero-order valence-corrected chi connectivity index (χ0v) is 13.5. The van der Waals surface area contributed by atoms with Gasteiger partial charge in [0, 0.05) is 25.6 Å². The third kappa shape index (κ3) is 6.31. The molecule has 0 atom stereocenters. The first-order valence-corrected chi connectivity index (χ1v) is 8.66. The van der Waals surface area contributed by atoms with E-state index in [9.17, 15) is 8.42 Å². The van der Waals surface area contributed by atoms with E-state index in [0.717, 1.165) is 18.7 Å². The Balaban J connectivity index is 2.58. The van der Waals surface area contributed by atoms with Crippen LogP contribution in [-0.2, 0) is 16.4 Å². The first kappa shape index (κ1) is 16.3. The lowest BCUT2D eigenvalue weighted by molar-refractivity contribution is 0.584. The van der Waals surface area contributed by atoms with E-state index in [2.05, 4.69) is 42.9 Å². The second kappa shape index (κ2) is 7.76. The van der Waals surface area contributed by atoms with Crippen molar-refractivity contribution in [1.29, 1.82) is 0 Å². The maximum atomic E-state index is 11.5. The Labute approximate surface area is 122 Å². The molecule has 108 valence electrons. The molecular formula is C11H19BrN4O2S. The molecule has 0 aliphatic carbocycles. The summed E-state index contributed by atoms with van der Waals surface area (Å²) in [5.74, 6) is 1.40. The largest absolute Gasteiger partial charge is 0.369 e. The fourth-order valence-corrected chi connectivity index (χ4v) is 2.87. The van der Waals surface area contributed by atoms with Gasteiger partial charge in [0.15, 0.2) is 0 Å². The fraction of sp³-hybridized carbons (Fsp3) is 0.636. The number of nitrogens with zero attached hydrogens (tertiary/aromatic N) is 2. The molecule has 0 saturated carbocycles. The van der Waals surface area contributed by atoms with Crippen molar-refractivity contribution in [3.05, 3.63) is 16.5 Å². The molecule has 0 aromatic carbocycles. The maximum absolute atomic E-state index is 11.5. The minimum Gasteiger partial charge on any atom is -0.369 e. The van der Waals surface area contributed by atoms with Crippen LogP contribution in [0.2, 0.25) is 0 Å². The van der Waals surface area contributed by atoms with Gasteiger partial charge in [0.1, 0.15) is 16.2 Å². The normalized spacial score (nSPS) is 11.5. The SMILES string of the molecule is CCCc1nc(Br)cc(NCCS(=O)(=O)NCC)n1. The quantitative estimate of drug-likeness (QED) is 0.694. The Morgan fingerprint density at radius 3 is 2.68 bits per heavy atom. The summed E-state index contributed by atoms with van der Waals surface area (Å²) in [6, 6.07) is 1.74. The molecular weight excluding hydrogens is 332 g/mol. The van der Waals surface area contributed by atoms with E-state index < -0.39 is 10.0 Å². The number of anilines is 1. The second-order valence-corrected chi connectivity index (χ2v) is 6.72. The standard InChI is InChI=1S/C11H19BrN4O2S/c1-3-5-10-15-9(12)8-11(16-10)13-6-7-19(17,18)14-4-2/h8,14H,3-7H2,1-2H3,(H,13,15,16). The van der Waals surface area contributed by atoms with E-state index in [-0.39, 0.29) is 5.75 Å². The van der Waals surface area contributed by atoms with Crippen molar-refractivity contribution in [3.63, 3.8) is 0 Å². The van der Waals surface area contributed by atoms with Gasteiger partial charge >= 0.3 is 0 Å². The molecule has 0 amide bonds.